The first-order chi connectivity index (χ1) is 11.8. The van der Waals surface area contributed by atoms with E-state index in [9.17, 15) is 9.59 Å². The monoisotopic (exact) mass is 379 g/mol. The standard InChI is InChI=1S/C18H25N3O2S2/c1-5-18(3,4)21-13(22)9-24-17-19-15(23)14-11-7-6-10(2)8-12(11)25-16(14)20-17/h10H,5-9H2,1-4H3,(H,21,22)(H,19,20,23)/t10-/m1/s1. The van der Waals surface area contributed by atoms with Gasteiger partial charge in [-0.15, -0.1) is 11.3 Å². The molecule has 0 bridgehead atoms. The number of nitrogens with one attached hydrogen (secondary N) is 2. The van der Waals surface area contributed by atoms with Crippen LogP contribution in [0.5, 0.6) is 0 Å². The minimum Gasteiger partial charge on any atom is -0.351 e. The zero-order valence-electron chi connectivity index (χ0n) is 15.2. The molecule has 2 heterocycles. The normalized spacial score (nSPS) is 17.5. The summed E-state index contributed by atoms with van der Waals surface area (Å²) < 4.78 is 0. The molecule has 0 aromatic carbocycles. The molecule has 0 saturated carbocycles. The summed E-state index contributed by atoms with van der Waals surface area (Å²) in [5.74, 6) is 0.873. The SMILES string of the molecule is CCC(C)(C)NC(=O)CSc1nc2sc3c(c2c(=O)[nH]1)CC[C@@H](C)C3. The number of hydrogen-bond acceptors (Lipinski definition) is 5. The van der Waals surface area contributed by atoms with Gasteiger partial charge in [-0.25, -0.2) is 4.98 Å². The molecule has 1 aliphatic carbocycles. The van der Waals surface area contributed by atoms with E-state index in [4.69, 9.17) is 0 Å². The molecule has 1 atom stereocenters. The highest BCUT2D eigenvalue weighted by Crippen LogP contribution is 2.36. The Hall–Kier alpha value is -1.34. The van der Waals surface area contributed by atoms with Crippen LogP contribution in [0.3, 0.4) is 0 Å². The van der Waals surface area contributed by atoms with Gasteiger partial charge in [-0.2, -0.15) is 0 Å². The third-order valence-electron chi connectivity index (χ3n) is 4.85. The van der Waals surface area contributed by atoms with E-state index < -0.39 is 0 Å². The molecule has 0 saturated heterocycles. The van der Waals surface area contributed by atoms with Crippen molar-refractivity contribution < 1.29 is 4.79 Å². The lowest BCUT2D eigenvalue weighted by Crippen LogP contribution is -2.43. The van der Waals surface area contributed by atoms with Gasteiger partial charge >= 0.3 is 0 Å². The number of carbonyl (C=O) groups is 1. The number of nitrogens with zero attached hydrogens (tertiary/aromatic N) is 1. The van der Waals surface area contributed by atoms with Gasteiger partial charge in [0, 0.05) is 10.4 Å². The highest BCUT2D eigenvalue weighted by atomic mass is 32.2. The maximum absolute atomic E-state index is 12.5. The van der Waals surface area contributed by atoms with Gasteiger partial charge in [0.1, 0.15) is 4.83 Å². The van der Waals surface area contributed by atoms with Crippen LogP contribution in [-0.2, 0) is 17.6 Å². The van der Waals surface area contributed by atoms with Crippen molar-refractivity contribution in [3.63, 3.8) is 0 Å². The maximum atomic E-state index is 12.5. The summed E-state index contributed by atoms with van der Waals surface area (Å²) in [4.78, 5) is 34.2. The number of amides is 1. The van der Waals surface area contributed by atoms with Crippen molar-refractivity contribution in [1.29, 1.82) is 0 Å². The molecular weight excluding hydrogens is 354 g/mol. The minimum atomic E-state index is -0.216. The lowest BCUT2D eigenvalue weighted by Gasteiger charge is -2.24. The van der Waals surface area contributed by atoms with E-state index >= 15 is 0 Å². The van der Waals surface area contributed by atoms with Gasteiger partial charge in [0.25, 0.3) is 5.56 Å². The summed E-state index contributed by atoms with van der Waals surface area (Å²) in [5.41, 5.74) is 0.894. The molecular formula is C18H25N3O2S2. The predicted octanol–water partition coefficient (Wildman–Crippen LogP) is 3.51. The van der Waals surface area contributed by atoms with E-state index in [0.29, 0.717) is 11.1 Å². The van der Waals surface area contributed by atoms with E-state index in [1.54, 1.807) is 11.3 Å². The van der Waals surface area contributed by atoms with Crippen molar-refractivity contribution in [2.75, 3.05) is 5.75 Å². The number of thiophene rings is 1. The van der Waals surface area contributed by atoms with Crippen LogP contribution < -0.4 is 10.9 Å². The largest absolute Gasteiger partial charge is 0.351 e. The number of thioether (sulfide) groups is 1. The van der Waals surface area contributed by atoms with Crippen LogP contribution in [0.25, 0.3) is 10.2 Å². The minimum absolute atomic E-state index is 0.0427. The highest BCUT2D eigenvalue weighted by Gasteiger charge is 2.23. The smallest absolute Gasteiger partial charge is 0.260 e. The molecule has 2 aromatic rings. The van der Waals surface area contributed by atoms with E-state index in [-0.39, 0.29) is 22.8 Å². The first kappa shape index (κ1) is 18.5. The zero-order valence-corrected chi connectivity index (χ0v) is 16.8. The van der Waals surface area contributed by atoms with Crippen LogP contribution in [0, 0.1) is 5.92 Å². The first-order valence-electron chi connectivity index (χ1n) is 8.77. The van der Waals surface area contributed by atoms with Crippen molar-refractivity contribution in [2.45, 2.75) is 64.1 Å². The second kappa shape index (κ2) is 7.11. The second-order valence-corrected chi connectivity index (χ2v) is 9.52. The van der Waals surface area contributed by atoms with Crippen molar-refractivity contribution in [1.82, 2.24) is 15.3 Å². The van der Waals surface area contributed by atoms with E-state index in [2.05, 4.69) is 22.2 Å². The molecule has 3 rings (SSSR count). The third-order valence-corrected chi connectivity index (χ3v) is 6.87. The topological polar surface area (TPSA) is 74.8 Å². The van der Waals surface area contributed by atoms with Gasteiger partial charge in [0.15, 0.2) is 5.16 Å². The van der Waals surface area contributed by atoms with Gasteiger partial charge in [0.2, 0.25) is 5.91 Å². The summed E-state index contributed by atoms with van der Waals surface area (Å²) in [6.07, 6.45) is 3.99. The van der Waals surface area contributed by atoms with E-state index in [1.807, 2.05) is 20.8 Å². The number of hydrogen-bond donors (Lipinski definition) is 2. The third kappa shape index (κ3) is 4.08. The number of aryl methyl sites for hydroxylation is 1. The molecule has 0 aliphatic heterocycles. The summed E-state index contributed by atoms with van der Waals surface area (Å²) in [5, 5.41) is 4.27. The molecule has 1 amide bonds. The molecule has 7 heteroatoms. The maximum Gasteiger partial charge on any atom is 0.260 e. The highest BCUT2D eigenvalue weighted by molar-refractivity contribution is 7.99. The second-order valence-electron chi connectivity index (χ2n) is 7.48. The number of H-pyrrole nitrogens is 1. The number of aromatic nitrogens is 2. The predicted molar refractivity (Wildman–Crippen MR) is 105 cm³/mol. The molecule has 2 aromatic heterocycles. The Morgan fingerprint density at radius 3 is 2.96 bits per heavy atom. The molecule has 5 nitrogen and oxygen atoms in total. The molecule has 25 heavy (non-hydrogen) atoms. The Morgan fingerprint density at radius 2 is 2.24 bits per heavy atom. The molecule has 1 aliphatic rings. The van der Waals surface area contributed by atoms with Crippen LogP contribution in [0.15, 0.2) is 9.95 Å². The number of rotatable bonds is 5. The van der Waals surface area contributed by atoms with Crippen molar-refractivity contribution in [3.05, 3.63) is 20.8 Å². The van der Waals surface area contributed by atoms with Gasteiger partial charge in [0.05, 0.1) is 11.1 Å². The van der Waals surface area contributed by atoms with Crippen LogP contribution in [0.4, 0.5) is 0 Å². The van der Waals surface area contributed by atoms with Gasteiger partial charge in [-0.05, 0) is 51.0 Å². The average Bonchev–Trinajstić information content (AvgIpc) is 2.90. The summed E-state index contributed by atoms with van der Waals surface area (Å²) in [6, 6.07) is 0. The Bertz CT molecular complexity index is 854. The fraction of sp³-hybridized carbons (Fsp3) is 0.611. The van der Waals surface area contributed by atoms with Crippen LogP contribution in [-0.4, -0.2) is 27.2 Å². The summed E-state index contributed by atoms with van der Waals surface area (Å²) >= 11 is 2.92. The quantitative estimate of drug-likeness (QED) is 0.616. The van der Waals surface area contributed by atoms with Gasteiger partial charge in [-0.1, -0.05) is 25.6 Å². The number of carbonyl (C=O) groups excluding carboxylic acids is 1. The zero-order chi connectivity index (χ0) is 18.2. The Labute approximate surface area is 156 Å². The summed E-state index contributed by atoms with van der Waals surface area (Å²) in [7, 11) is 0. The van der Waals surface area contributed by atoms with Crippen LogP contribution >= 0.6 is 23.1 Å². The number of aromatic amines is 1. The van der Waals surface area contributed by atoms with E-state index in [1.165, 1.54) is 22.2 Å². The Kier molecular flexibility index (Phi) is 5.25. The summed E-state index contributed by atoms with van der Waals surface area (Å²) in [6.45, 7) is 8.29. The molecule has 0 radical (unpaired) electrons. The first-order valence-corrected chi connectivity index (χ1v) is 10.6. The Morgan fingerprint density at radius 1 is 1.48 bits per heavy atom. The molecule has 0 spiro atoms. The Balaban J connectivity index is 1.78. The van der Waals surface area contributed by atoms with Crippen molar-refractivity contribution in [3.8, 4) is 0 Å². The van der Waals surface area contributed by atoms with Crippen molar-refractivity contribution in [2.24, 2.45) is 5.92 Å². The number of fused-ring (bicyclic) bond motifs is 3. The molecule has 136 valence electrons. The lowest BCUT2D eigenvalue weighted by molar-refractivity contribution is -0.120. The molecule has 0 unspecified atom stereocenters. The lowest BCUT2D eigenvalue weighted by atomic mass is 9.89. The van der Waals surface area contributed by atoms with E-state index in [0.717, 1.165) is 35.9 Å². The fourth-order valence-electron chi connectivity index (χ4n) is 3.03. The average molecular weight is 380 g/mol. The fourth-order valence-corrected chi connectivity index (χ4v) is 5.14. The van der Waals surface area contributed by atoms with Crippen molar-refractivity contribution >= 4 is 39.2 Å². The molecule has 2 N–H and O–H groups in total. The molecule has 0 fully saturated rings. The van der Waals surface area contributed by atoms with Crippen LogP contribution in [0.1, 0.15) is 51.0 Å². The van der Waals surface area contributed by atoms with Gasteiger partial charge in [-0.3, -0.25) is 9.59 Å². The van der Waals surface area contributed by atoms with Crippen LogP contribution in [0.2, 0.25) is 0 Å². The van der Waals surface area contributed by atoms with Gasteiger partial charge < -0.3 is 10.3 Å².